The van der Waals surface area contributed by atoms with Crippen LogP contribution in [0.1, 0.15) is 26.2 Å². The Labute approximate surface area is 111 Å². The van der Waals surface area contributed by atoms with Crippen molar-refractivity contribution in [2.24, 2.45) is 13.0 Å². The van der Waals surface area contributed by atoms with Crippen molar-refractivity contribution in [3.63, 3.8) is 0 Å². The number of aryl methyl sites for hydroxylation is 1. The smallest absolute Gasteiger partial charge is 0.293 e. The lowest BCUT2D eigenvalue weighted by Crippen LogP contribution is -2.39. The molecule has 1 aliphatic heterocycles. The van der Waals surface area contributed by atoms with Crippen molar-refractivity contribution in [3.05, 3.63) is 22.7 Å². The summed E-state index contributed by atoms with van der Waals surface area (Å²) in [5.41, 5.74) is -0.305. The topological polar surface area (TPSA) is 73.2 Å². The van der Waals surface area contributed by atoms with Crippen molar-refractivity contribution in [2.75, 3.05) is 11.9 Å². The normalized spacial score (nSPS) is 23.1. The number of carbonyl (C=O) groups is 1. The molecule has 1 saturated heterocycles. The van der Waals surface area contributed by atoms with E-state index in [1.807, 2.05) is 6.92 Å². The van der Waals surface area contributed by atoms with E-state index in [0.29, 0.717) is 6.61 Å². The average Bonchev–Trinajstić information content (AvgIpc) is 2.43. The molecular weight excluding hydrogens is 246 g/mol. The Morgan fingerprint density at radius 3 is 3.16 bits per heavy atom. The van der Waals surface area contributed by atoms with Gasteiger partial charge in [0.15, 0.2) is 5.82 Å². The fourth-order valence-corrected chi connectivity index (χ4v) is 2.34. The summed E-state index contributed by atoms with van der Waals surface area (Å²) in [5, 5.41) is 2.62. The van der Waals surface area contributed by atoms with Crippen LogP contribution in [0, 0.1) is 5.92 Å². The zero-order valence-electron chi connectivity index (χ0n) is 11.3. The highest BCUT2D eigenvalue weighted by Gasteiger charge is 2.31. The van der Waals surface area contributed by atoms with E-state index in [4.69, 9.17) is 4.74 Å². The molecule has 2 rings (SSSR count). The Morgan fingerprint density at radius 2 is 2.42 bits per heavy atom. The highest BCUT2D eigenvalue weighted by atomic mass is 16.5. The van der Waals surface area contributed by atoms with E-state index in [0.717, 1.165) is 19.3 Å². The van der Waals surface area contributed by atoms with Crippen LogP contribution in [-0.2, 0) is 16.6 Å². The molecule has 2 atom stereocenters. The van der Waals surface area contributed by atoms with Gasteiger partial charge in [-0.1, -0.05) is 6.92 Å². The molecule has 104 valence electrons. The summed E-state index contributed by atoms with van der Waals surface area (Å²) in [5.74, 6) is -0.303. The third-order valence-electron chi connectivity index (χ3n) is 3.44. The number of hydrogen-bond donors (Lipinski definition) is 1. The van der Waals surface area contributed by atoms with Gasteiger partial charge < -0.3 is 14.6 Å². The number of amides is 1. The Balaban J connectivity index is 2.12. The maximum atomic E-state index is 12.2. The van der Waals surface area contributed by atoms with Gasteiger partial charge in [0.05, 0.1) is 12.0 Å². The van der Waals surface area contributed by atoms with E-state index >= 15 is 0 Å². The second kappa shape index (κ2) is 5.97. The van der Waals surface area contributed by atoms with Crippen LogP contribution in [0.4, 0.5) is 5.82 Å². The molecule has 6 nitrogen and oxygen atoms in total. The van der Waals surface area contributed by atoms with Crippen LogP contribution in [0.5, 0.6) is 0 Å². The largest absolute Gasteiger partial charge is 0.377 e. The van der Waals surface area contributed by atoms with Gasteiger partial charge >= 0.3 is 0 Å². The minimum atomic E-state index is -0.305. The van der Waals surface area contributed by atoms with E-state index in [9.17, 15) is 9.59 Å². The van der Waals surface area contributed by atoms with Crippen LogP contribution in [0.15, 0.2) is 17.2 Å². The molecule has 1 N–H and O–H groups in total. The molecule has 2 heterocycles. The molecular formula is C13H19N3O3. The second-order valence-electron chi connectivity index (χ2n) is 4.75. The van der Waals surface area contributed by atoms with Gasteiger partial charge in [0.25, 0.3) is 5.56 Å². The molecule has 2 unspecified atom stereocenters. The van der Waals surface area contributed by atoms with Crippen molar-refractivity contribution in [3.8, 4) is 0 Å². The minimum Gasteiger partial charge on any atom is -0.377 e. The number of ether oxygens (including phenoxy) is 1. The molecule has 0 spiro atoms. The summed E-state index contributed by atoms with van der Waals surface area (Å²) in [7, 11) is 1.62. The molecule has 1 aromatic rings. The monoisotopic (exact) mass is 265 g/mol. The van der Waals surface area contributed by atoms with Crippen LogP contribution in [0.3, 0.4) is 0 Å². The van der Waals surface area contributed by atoms with Crippen LogP contribution in [0.2, 0.25) is 0 Å². The summed E-state index contributed by atoms with van der Waals surface area (Å²) in [6, 6.07) is 0. The molecule has 1 aromatic heterocycles. The number of anilines is 1. The minimum absolute atomic E-state index is 0.0682. The van der Waals surface area contributed by atoms with Gasteiger partial charge in [-0.25, -0.2) is 4.98 Å². The van der Waals surface area contributed by atoms with E-state index in [1.54, 1.807) is 13.2 Å². The molecule has 1 aliphatic rings. The molecule has 0 bridgehead atoms. The lowest BCUT2D eigenvalue weighted by Gasteiger charge is -2.29. The number of rotatable bonds is 3. The predicted molar refractivity (Wildman–Crippen MR) is 70.9 cm³/mol. The van der Waals surface area contributed by atoms with E-state index in [1.165, 1.54) is 10.8 Å². The van der Waals surface area contributed by atoms with Crippen molar-refractivity contribution in [1.29, 1.82) is 0 Å². The first-order valence-corrected chi connectivity index (χ1v) is 6.57. The van der Waals surface area contributed by atoms with Gasteiger partial charge in [-0.05, 0) is 19.3 Å². The van der Waals surface area contributed by atoms with Crippen molar-refractivity contribution < 1.29 is 9.53 Å². The summed E-state index contributed by atoms with van der Waals surface area (Å²) in [6.07, 6.45) is 5.42. The fourth-order valence-electron chi connectivity index (χ4n) is 2.34. The number of hydrogen-bond acceptors (Lipinski definition) is 4. The average molecular weight is 265 g/mol. The summed E-state index contributed by atoms with van der Waals surface area (Å²) in [4.78, 5) is 27.9. The Bertz CT molecular complexity index is 512. The lowest BCUT2D eigenvalue weighted by atomic mass is 9.92. The van der Waals surface area contributed by atoms with E-state index in [-0.39, 0.29) is 29.3 Å². The van der Waals surface area contributed by atoms with Gasteiger partial charge in [0, 0.05) is 26.0 Å². The zero-order valence-corrected chi connectivity index (χ0v) is 11.3. The molecule has 0 aromatic carbocycles. The van der Waals surface area contributed by atoms with Crippen molar-refractivity contribution >= 4 is 11.7 Å². The molecule has 0 saturated carbocycles. The quantitative estimate of drug-likeness (QED) is 0.882. The fraction of sp³-hybridized carbons (Fsp3) is 0.615. The van der Waals surface area contributed by atoms with Gasteiger partial charge in [0.2, 0.25) is 5.91 Å². The molecule has 0 radical (unpaired) electrons. The molecule has 1 fully saturated rings. The number of carbonyl (C=O) groups excluding carboxylic acids is 1. The molecule has 1 amide bonds. The van der Waals surface area contributed by atoms with Gasteiger partial charge in [-0.3, -0.25) is 9.59 Å². The molecule has 6 heteroatoms. The first-order valence-electron chi connectivity index (χ1n) is 6.57. The van der Waals surface area contributed by atoms with Crippen LogP contribution in [0.25, 0.3) is 0 Å². The lowest BCUT2D eigenvalue weighted by molar-refractivity contribution is -0.129. The van der Waals surface area contributed by atoms with Gasteiger partial charge in [-0.15, -0.1) is 0 Å². The van der Waals surface area contributed by atoms with Crippen LogP contribution in [-0.4, -0.2) is 28.2 Å². The van der Waals surface area contributed by atoms with Crippen molar-refractivity contribution in [1.82, 2.24) is 9.55 Å². The SMILES string of the molecule is CCC1OCCCC1C(=O)Nc1nccn(C)c1=O. The van der Waals surface area contributed by atoms with Crippen molar-refractivity contribution in [2.45, 2.75) is 32.3 Å². The maximum absolute atomic E-state index is 12.2. The Morgan fingerprint density at radius 1 is 1.63 bits per heavy atom. The van der Waals surface area contributed by atoms with E-state index < -0.39 is 0 Å². The zero-order chi connectivity index (χ0) is 13.8. The van der Waals surface area contributed by atoms with Crippen LogP contribution < -0.4 is 10.9 Å². The Hall–Kier alpha value is -1.69. The Kier molecular flexibility index (Phi) is 4.31. The number of nitrogens with one attached hydrogen (secondary N) is 1. The first kappa shape index (κ1) is 13.7. The summed E-state index contributed by atoms with van der Waals surface area (Å²) in [6.45, 7) is 2.70. The molecule has 19 heavy (non-hydrogen) atoms. The summed E-state index contributed by atoms with van der Waals surface area (Å²) < 4.78 is 6.97. The second-order valence-corrected chi connectivity index (χ2v) is 4.75. The first-order chi connectivity index (χ1) is 9.13. The highest BCUT2D eigenvalue weighted by molar-refractivity contribution is 5.91. The highest BCUT2D eigenvalue weighted by Crippen LogP contribution is 2.24. The van der Waals surface area contributed by atoms with Gasteiger partial charge in [-0.2, -0.15) is 0 Å². The third kappa shape index (κ3) is 3.01. The van der Waals surface area contributed by atoms with Gasteiger partial charge in [0.1, 0.15) is 0 Å². The predicted octanol–water partition coefficient (Wildman–Crippen LogP) is 0.924. The van der Waals surface area contributed by atoms with E-state index in [2.05, 4.69) is 10.3 Å². The summed E-state index contributed by atoms with van der Waals surface area (Å²) >= 11 is 0. The number of nitrogens with zero attached hydrogens (tertiary/aromatic N) is 2. The van der Waals surface area contributed by atoms with Crippen LogP contribution >= 0.6 is 0 Å². The third-order valence-corrected chi connectivity index (χ3v) is 3.44. The standard InChI is InChI=1S/C13H19N3O3/c1-3-10-9(5-4-8-19-10)12(17)15-11-13(18)16(2)7-6-14-11/h6-7,9-10H,3-5,8H2,1-2H3,(H,14,15,17). The molecule has 0 aliphatic carbocycles. The maximum Gasteiger partial charge on any atom is 0.293 e. The number of aromatic nitrogens is 2.